The van der Waals surface area contributed by atoms with Crippen LogP contribution >= 0.6 is 11.6 Å². The minimum Gasteiger partial charge on any atom is -0.402 e. The molecule has 0 saturated carbocycles. The monoisotopic (exact) mass is 355 g/mol. The van der Waals surface area contributed by atoms with Gasteiger partial charge < -0.3 is 4.74 Å². The molecule has 1 heterocycles. The fourth-order valence-electron chi connectivity index (χ4n) is 2.07. The van der Waals surface area contributed by atoms with E-state index in [0.29, 0.717) is 5.69 Å². The summed E-state index contributed by atoms with van der Waals surface area (Å²) in [5.74, 6) is -0.886. The Hall–Kier alpha value is -3.32. The van der Waals surface area contributed by atoms with Gasteiger partial charge in [0.2, 0.25) is 5.88 Å². The maximum absolute atomic E-state index is 12.2. The predicted molar refractivity (Wildman–Crippen MR) is 90.5 cm³/mol. The first-order valence-electron chi connectivity index (χ1n) is 7.10. The Morgan fingerprint density at radius 1 is 1.04 bits per heavy atom. The standard InChI is InChI=1S/C17H10ClN3O4/c18-14-7-6-12(21(23)24)10-13(14)17(22)25-16-9-8-15(19-20-16)11-4-2-1-3-5-11/h1-10H. The van der Waals surface area contributed by atoms with Crippen molar-refractivity contribution < 1.29 is 14.5 Å². The smallest absolute Gasteiger partial charge is 0.346 e. The molecule has 0 saturated heterocycles. The van der Waals surface area contributed by atoms with Gasteiger partial charge in [0.1, 0.15) is 0 Å². The number of carbonyl (C=O) groups is 1. The average molecular weight is 356 g/mol. The molecular formula is C17H10ClN3O4. The number of hydrogen-bond donors (Lipinski definition) is 0. The summed E-state index contributed by atoms with van der Waals surface area (Å²) in [7, 11) is 0. The molecule has 0 radical (unpaired) electrons. The van der Waals surface area contributed by atoms with E-state index in [0.717, 1.165) is 11.6 Å². The van der Waals surface area contributed by atoms with Crippen molar-refractivity contribution in [3.63, 3.8) is 0 Å². The van der Waals surface area contributed by atoms with Crippen molar-refractivity contribution in [1.82, 2.24) is 10.2 Å². The van der Waals surface area contributed by atoms with Crippen LogP contribution in [-0.4, -0.2) is 21.1 Å². The van der Waals surface area contributed by atoms with Gasteiger partial charge in [0.15, 0.2) is 0 Å². The second kappa shape index (κ2) is 7.06. The number of nitro groups is 1. The van der Waals surface area contributed by atoms with Crippen molar-refractivity contribution in [2.45, 2.75) is 0 Å². The average Bonchev–Trinajstić information content (AvgIpc) is 2.63. The summed E-state index contributed by atoms with van der Waals surface area (Å²) in [5.41, 5.74) is 1.11. The van der Waals surface area contributed by atoms with Gasteiger partial charge in [-0.05, 0) is 12.1 Å². The van der Waals surface area contributed by atoms with Crippen LogP contribution in [0.3, 0.4) is 0 Å². The third kappa shape index (κ3) is 3.78. The number of nitro benzene ring substituents is 1. The molecular weight excluding hydrogens is 346 g/mol. The molecule has 0 spiro atoms. The zero-order chi connectivity index (χ0) is 17.8. The molecule has 0 N–H and O–H groups in total. The minimum atomic E-state index is -0.851. The van der Waals surface area contributed by atoms with Gasteiger partial charge in [-0.3, -0.25) is 10.1 Å². The van der Waals surface area contributed by atoms with Gasteiger partial charge in [0.25, 0.3) is 5.69 Å². The van der Waals surface area contributed by atoms with Crippen LogP contribution < -0.4 is 4.74 Å². The van der Waals surface area contributed by atoms with Crippen LogP contribution in [0.2, 0.25) is 5.02 Å². The highest BCUT2D eigenvalue weighted by Gasteiger charge is 2.18. The molecule has 0 aliphatic rings. The predicted octanol–water partition coefficient (Wildman–Crippen LogP) is 3.92. The van der Waals surface area contributed by atoms with Crippen molar-refractivity contribution in [3.05, 3.63) is 81.4 Å². The molecule has 0 fully saturated rings. The summed E-state index contributed by atoms with van der Waals surface area (Å²) in [5, 5.41) is 18.7. The largest absolute Gasteiger partial charge is 0.402 e. The summed E-state index contributed by atoms with van der Waals surface area (Å²) in [4.78, 5) is 22.3. The van der Waals surface area contributed by atoms with Gasteiger partial charge in [-0.15, -0.1) is 10.2 Å². The SMILES string of the molecule is O=C(Oc1ccc(-c2ccccc2)nn1)c1cc([N+](=O)[O-])ccc1Cl. The van der Waals surface area contributed by atoms with Crippen molar-refractivity contribution in [2.75, 3.05) is 0 Å². The van der Waals surface area contributed by atoms with E-state index >= 15 is 0 Å². The van der Waals surface area contributed by atoms with E-state index in [4.69, 9.17) is 16.3 Å². The number of ether oxygens (including phenoxy) is 1. The van der Waals surface area contributed by atoms with Gasteiger partial charge in [-0.2, -0.15) is 0 Å². The molecule has 0 atom stereocenters. The van der Waals surface area contributed by atoms with E-state index in [1.165, 1.54) is 18.2 Å². The van der Waals surface area contributed by atoms with Crippen LogP contribution in [0.15, 0.2) is 60.7 Å². The van der Waals surface area contributed by atoms with E-state index in [9.17, 15) is 14.9 Å². The van der Waals surface area contributed by atoms with Gasteiger partial charge >= 0.3 is 5.97 Å². The normalized spacial score (nSPS) is 10.3. The molecule has 124 valence electrons. The zero-order valence-corrected chi connectivity index (χ0v) is 13.4. The van der Waals surface area contributed by atoms with E-state index < -0.39 is 10.9 Å². The Labute approximate surface area is 147 Å². The molecule has 0 amide bonds. The quantitative estimate of drug-likeness (QED) is 0.400. The lowest BCUT2D eigenvalue weighted by atomic mass is 10.1. The number of non-ortho nitro benzene ring substituents is 1. The second-order valence-electron chi connectivity index (χ2n) is 4.93. The van der Waals surface area contributed by atoms with E-state index in [1.807, 2.05) is 30.3 Å². The van der Waals surface area contributed by atoms with E-state index in [1.54, 1.807) is 6.07 Å². The van der Waals surface area contributed by atoms with Crippen LogP contribution in [0.5, 0.6) is 5.88 Å². The summed E-state index contributed by atoms with van der Waals surface area (Å²) >= 11 is 5.91. The number of aromatic nitrogens is 2. The van der Waals surface area contributed by atoms with Gasteiger partial charge in [-0.25, -0.2) is 4.79 Å². The Morgan fingerprint density at radius 3 is 2.44 bits per heavy atom. The molecule has 25 heavy (non-hydrogen) atoms. The lowest BCUT2D eigenvalue weighted by Gasteiger charge is -2.05. The molecule has 7 nitrogen and oxygen atoms in total. The minimum absolute atomic E-state index is 0.0350. The highest BCUT2D eigenvalue weighted by molar-refractivity contribution is 6.33. The Kier molecular flexibility index (Phi) is 4.67. The fraction of sp³-hybridized carbons (Fsp3) is 0. The lowest BCUT2D eigenvalue weighted by Crippen LogP contribution is -2.11. The topological polar surface area (TPSA) is 95.2 Å². The van der Waals surface area contributed by atoms with Gasteiger partial charge in [-0.1, -0.05) is 41.9 Å². The van der Waals surface area contributed by atoms with E-state index in [2.05, 4.69) is 10.2 Å². The van der Waals surface area contributed by atoms with Crippen LogP contribution in [-0.2, 0) is 0 Å². The summed E-state index contributed by atoms with van der Waals surface area (Å²) in [6.45, 7) is 0. The third-order valence-corrected chi connectivity index (χ3v) is 3.62. The number of benzene rings is 2. The van der Waals surface area contributed by atoms with Crippen molar-refractivity contribution >= 4 is 23.3 Å². The summed E-state index contributed by atoms with van der Waals surface area (Å²) in [6.07, 6.45) is 0. The van der Waals surface area contributed by atoms with Crippen molar-refractivity contribution in [3.8, 4) is 17.1 Å². The molecule has 0 aliphatic heterocycles. The molecule has 0 aliphatic carbocycles. The molecule has 3 aromatic rings. The first-order valence-corrected chi connectivity index (χ1v) is 7.47. The second-order valence-corrected chi connectivity index (χ2v) is 5.34. The zero-order valence-electron chi connectivity index (χ0n) is 12.6. The first-order chi connectivity index (χ1) is 12.0. The maximum Gasteiger partial charge on any atom is 0.346 e. The molecule has 1 aromatic heterocycles. The number of carbonyl (C=O) groups excluding carboxylic acids is 1. The van der Waals surface area contributed by atoms with Crippen LogP contribution in [0.25, 0.3) is 11.3 Å². The Morgan fingerprint density at radius 2 is 1.80 bits per heavy atom. The number of nitrogens with zero attached hydrogens (tertiary/aromatic N) is 3. The lowest BCUT2D eigenvalue weighted by molar-refractivity contribution is -0.384. The summed E-state index contributed by atoms with van der Waals surface area (Å²) in [6, 6.07) is 16.0. The third-order valence-electron chi connectivity index (χ3n) is 3.29. The fourth-order valence-corrected chi connectivity index (χ4v) is 2.27. The number of halogens is 1. The number of hydrogen-bond acceptors (Lipinski definition) is 6. The number of esters is 1. The molecule has 0 bridgehead atoms. The highest BCUT2D eigenvalue weighted by atomic mass is 35.5. The van der Waals surface area contributed by atoms with Gasteiger partial charge in [0.05, 0.1) is 21.2 Å². The summed E-state index contributed by atoms with van der Waals surface area (Å²) < 4.78 is 5.09. The first kappa shape index (κ1) is 16.5. The molecule has 0 unspecified atom stereocenters. The maximum atomic E-state index is 12.2. The van der Waals surface area contributed by atoms with E-state index in [-0.39, 0.29) is 22.2 Å². The van der Waals surface area contributed by atoms with Gasteiger partial charge in [0, 0.05) is 23.8 Å². The Balaban J connectivity index is 1.80. The van der Waals surface area contributed by atoms with Crippen molar-refractivity contribution in [1.29, 1.82) is 0 Å². The number of rotatable bonds is 4. The van der Waals surface area contributed by atoms with Crippen molar-refractivity contribution in [2.24, 2.45) is 0 Å². The molecule has 2 aromatic carbocycles. The molecule has 3 rings (SSSR count). The Bertz CT molecular complexity index is 930. The van der Waals surface area contributed by atoms with Crippen LogP contribution in [0.1, 0.15) is 10.4 Å². The highest BCUT2D eigenvalue weighted by Crippen LogP contribution is 2.24. The molecule has 8 heteroatoms. The van der Waals surface area contributed by atoms with Crippen LogP contribution in [0.4, 0.5) is 5.69 Å². The van der Waals surface area contributed by atoms with Crippen LogP contribution in [0, 0.1) is 10.1 Å².